The van der Waals surface area contributed by atoms with Gasteiger partial charge in [-0.05, 0) is 35.4 Å². The zero-order valence-electron chi connectivity index (χ0n) is 8.65. The van der Waals surface area contributed by atoms with Crippen LogP contribution in [0.4, 0.5) is 0 Å². The van der Waals surface area contributed by atoms with Crippen molar-refractivity contribution in [3.05, 3.63) is 52.5 Å². The number of benzene rings is 2. The molecule has 0 unspecified atom stereocenters. The molecule has 0 aliphatic carbocycles. The van der Waals surface area contributed by atoms with E-state index in [9.17, 15) is 5.11 Å². The standard InChI is InChI=1S/C13H12BrNO/c14-11-4-2-10(3-5-11)12-7-9(8-15)1-6-13(12)16/h1-7,16H,8,15H2. The maximum Gasteiger partial charge on any atom is 0.123 e. The van der Waals surface area contributed by atoms with Gasteiger partial charge in [-0.15, -0.1) is 0 Å². The highest BCUT2D eigenvalue weighted by Crippen LogP contribution is 2.30. The normalized spacial score (nSPS) is 10.4. The Bertz CT molecular complexity index is 494. The van der Waals surface area contributed by atoms with E-state index < -0.39 is 0 Å². The Morgan fingerprint density at radius 3 is 2.38 bits per heavy atom. The third-order valence-electron chi connectivity index (χ3n) is 2.45. The van der Waals surface area contributed by atoms with Gasteiger partial charge in [0.2, 0.25) is 0 Å². The van der Waals surface area contributed by atoms with Crippen molar-refractivity contribution in [1.29, 1.82) is 0 Å². The van der Waals surface area contributed by atoms with Crippen LogP contribution < -0.4 is 5.73 Å². The summed E-state index contributed by atoms with van der Waals surface area (Å²) in [5, 5.41) is 9.80. The monoisotopic (exact) mass is 277 g/mol. The lowest BCUT2D eigenvalue weighted by Crippen LogP contribution is -1.96. The van der Waals surface area contributed by atoms with Gasteiger partial charge in [0.1, 0.15) is 5.75 Å². The lowest BCUT2D eigenvalue weighted by atomic mass is 10.0. The summed E-state index contributed by atoms with van der Waals surface area (Å²) in [7, 11) is 0. The number of rotatable bonds is 2. The molecule has 0 radical (unpaired) electrons. The van der Waals surface area contributed by atoms with Crippen LogP contribution in [0.3, 0.4) is 0 Å². The third kappa shape index (κ3) is 2.26. The summed E-state index contributed by atoms with van der Waals surface area (Å²) in [5.74, 6) is 0.277. The van der Waals surface area contributed by atoms with E-state index in [0.29, 0.717) is 6.54 Å². The third-order valence-corrected chi connectivity index (χ3v) is 2.98. The second-order valence-corrected chi connectivity index (χ2v) is 4.48. The van der Waals surface area contributed by atoms with Crippen LogP contribution >= 0.6 is 15.9 Å². The minimum Gasteiger partial charge on any atom is -0.507 e. The zero-order valence-corrected chi connectivity index (χ0v) is 10.2. The topological polar surface area (TPSA) is 46.2 Å². The molecule has 0 saturated heterocycles. The second kappa shape index (κ2) is 4.68. The quantitative estimate of drug-likeness (QED) is 0.885. The molecule has 0 aliphatic rings. The summed E-state index contributed by atoms with van der Waals surface area (Å²) in [6, 6.07) is 13.2. The first-order chi connectivity index (χ1) is 7.70. The van der Waals surface area contributed by atoms with Gasteiger partial charge < -0.3 is 10.8 Å². The van der Waals surface area contributed by atoms with Crippen LogP contribution in [0.1, 0.15) is 5.56 Å². The van der Waals surface area contributed by atoms with E-state index >= 15 is 0 Å². The van der Waals surface area contributed by atoms with Crippen molar-refractivity contribution in [3.63, 3.8) is 0 Å². The Hall–Kier alpha value is -1.32. The van der Waals surface area contributed by atoms with Gasteiger partial charge in [0, 0.05) is 16.6 Å². The van der Waals surface area contributed by atoms with Crippen LogP contribution in [0.15, 0.2) is 46.9 Å². The summed E-state index contributed by atoms with van der Waals surface area (Å²) in [5.41, 5.74) is 8.39. The zero-order chi connectivity index (χ0) is 11.5. The van der Waals surface area contributed by atoms with Crippen molar-refractivity contribution in [3.8, 4) is 16.9 Å². The predicted octanol–water partition coefficient (Wildman–Crippen LogP) is 3.28. The molecule has 0 fully saturated rings. The largest absolute Gasteiger partial charge is 0.507 e. The summed E-state index contributed by atoms with van der Waals surface area (Å²) >= 11 is 3.38. The fourth-order valence-corrected chi connectivity index (χ4v) is 1.84. The van der Waals surface area contributed by atoms with Crippen molar-refractivity contribution >= 4 is 15.9 Å². The van der Waals surface area contributed by atoms with Crippen LogP contribution in [0.2, 0.25) is 0 Å². The maximum absolute atomic E-state index is 9.80. The van der Waals surface area contributed by atoms with Gasteiger partial charge in [-0.3, -0.25) is 0 Å². The number of hydrogen-bond acceptors (Lipinski definition) is 2. The molecule has 82 valence electrons. The summed E-state index contributed by atoms with van der Waals surface area (Å²) in [6.45, 7) is 0.476. The molecular weight excluding hydrogens is 266 g/mol. The molecule has 2 nitrogen and oxygen atoms in total. The number of halogens is 1. The molecule has 0 atom stereocenters. The van der Waals surface area contributed by atoms with Gasteiger partial charge >= 0.3 is 0 Å². The molecule has 2 aromatic rings. The first-order valence-corrected chi connectivity index (χ1v) is 5.78. The van der Waals surface area contributed by atoms with Gasteiger partial charge in [0.05, 0.1) is 0 Å². The summed E-state index contributed by atoms with van der Waals surface area (Å²) < 4.78 is 1.02. The molecular formula is C13H12BrNO. The van der Waals surface area contributed by atoms with E-state index in [4.69, 9.17) is 5.73 Å². The molecule has 0 spiro atoms. The highest BCUT2D eigenvalue weighted by molar-refractivity contribution is 9.10. The Balaban J connectivity index is 2.50. The Morgan fingerprint density at radius 2 is 1.75 bits per heavy atom. The van der Waals surface area contributed by atoms with Crippen LogP contribution in [-0.2, 0) is 6.54 Å². The van der Waals surface area contributed by atoms with Crippen molar-refractivity contribution in [2.75, 3.05) is 0 Å². The molecule has 3 heteroatoms. The van der Waals surface area contributed by atoms with Crippen LogP contribution in [-0.4, -0.2) is 5.11 Å². The lowest BCUT2D eigenvalue weighted by Gasteiger charge is -2.07. The fourth-order valence-electron chi connectivity index (χ4n) is 1.57. The average molecular weight is 278 g/mol. The first kappa shape index (κ1) is 11.2. The number of hydrogen-bond donors (Lipinski definition) is 2. The van der Waals surface area contributed by atoms with Gasteiger partial charge in [-0.1, -0.05) is 34.1 Å². The van der Waals surface area contributed by atoms with Crippen molar-refractivity contribution in [1.82, 2.24) is 0 Å². The summed E-state index contributed by atoms with van der Waals surface area (Å²) in [6.07, 6.45) is 0. The highest BCUT2D eigenvalue weighted by atomic mass is 79.9. The molecule has 0 aromatic heterocycles. The lowest BCUT2D eigenvalue weighted by molar-refractivity contribution is 0.477. The van der Waals surface area contributed by atoms with Crippen molar-refractivity contribution in [2.24, 2.45) is 5.73 Å². The Kier molecular flexibility index (Phi) is 3.27. The maximum atomic E-state index is 9.80. The number of aromatic hydroxyl groups is 1. The molecule has 0 bridgehead atoms. The number of nitrogens with two attached hydrogens (primary N) is 1. The first-order valence-electron chi connectivity index (χ1n) is 4.98. The molecule has 0 heterocycles. The second-order valence-electron chi connectivity index (χ2n) is 3.56. The van der Waals surface area contributed by atoms with E-state index in [2.05, 4.69) is 15.9 Å². The minimum atomic E-state index is 0.277. The number of phenolic OH excluding ortho intramolecular Hbond substituents is 1. The molecule has 2 aromatic carbocycles. The number of phenols is 1. The molecule has 0 saturated carbocycles. The van der Waals surface area contributed by atoms with E-state index in [1.165, 1.54) is 0 Å². The fraction of sp³-hybridized carbons (Fsp3) is 0.0769. The SMILES string of the molecule is NCc1ccc(O)c(-c2ccc(Br)cc2)c1. The smallest absolute Gasteiger partial charge is 0.123 e. The van der Waals surface area contributed by atoms with E-state index in [0.717, 1.165) is 21.2 Å². The average Bonchev–Trinajstić information content (AvgIpc) is 2.31. The van der Waals surface area contributed by atoms with Gasteiger partial charge in [0.25, 0.3) is 0 Å². The Morgan fingerprint density at radius 1 is 1.06 bits per heavy atom. The molecule has 0 amide bonds. The van der Waals surface area contributed by atoms with Gasteiger partial charge in [-0.2, -0.15) is 0 Å². The van der Waals surface area contributed by atoms with E-state index in [-0.39, 0.29) is 5.75 Å². The molecule has 0 aliphatic heterocycles. The van der Waals surface area contributed by atoms with Crippen molar-refractivity contribution < 1.29 is 5.11 Å². The molecule has 16 heavy (non-hydrogen) atoms. The van der Waals surface area contributed by atoms with Gasteiger partial charge in [-0.25, -0.2) is 0 Å². The van der Waals surface area contributed by atoms with Crippen LogP contribution in [0.5, 0.6) is 5.75 Å². The van der Waals surface area contributed by atoms with Crippen molar-refractivity contribution in [2.45, 2.75) is 6.54 Å². The van der Waals surface area contributed by atoms with Crippen LogP contribution in [0.25, 0.3) is 11.1 Å². The minimum absolute atomic E-state index is 0.277. The molecule has 2 rings (SSSR count). The van der Waals surface area contributed by atoms with E-state index in [1.807, 2.05) is 36.4 Å². The molecule has 3 N–H and O–H groups in total. The van der Waals surface area contributed by atoms with Crippen LogP contribution in [0, 0.1) is 0 Å². The van der Waals surface area contributed by atoms with Gasteiger partial charge in [0.15, 0.2) is 0 Å². The summed E-state index contributed by atoms with van der Waals surface area (Å²) in [4.78, 5) is 0. The van der Waals surface area contributed by atoms with E-state index in [1.54, 1.807) is 6.07 Å². The predicted molar refractivity (Wildman–Crippen MR) is 69.1 cm³/mol. The highest BCUT2D eigenvalue weighted by Gasteiger charge is 2.04. The Labute approximate surface area is 103 Å².